The van der Waals surface area contributed by atoms with Crippen LogP contribution in [0.15, 0.2) is 42.5 Å². The maximum absolute atomic E-state index is 12.4. The van der Waals surface area contributed by atoms with E-state index in [1.165, 1.54) is 0 Å². The van der Waals surface area contributed by atoms with E-state index in [0.717, 1.165) is 0 Å². The fraction of sp³-hybridized carbons (Fsp3) is 0.263. The van der Waals surface area contributed by atoms with Crippen molar-refractivity contribution in [2.75, 3.05) is 12.4 Å². The van der Waals surface area contributed by atoms with Crippen molar-refractivity contribution in [3.63, 3.8) is 0 Å². The van der Waals surface area contributed by atoms with Crippen molar-refractivity contribution in [1.82, 2.24) is 0 Å². The highest BCUT2D eigenvalue weighted by Gasteiger charge is 2.32. The van der Waals surface area contributed by atoms with E-state index in [1.807, 2.05) is 13.8 Å². The summed E-state index contributed by atoms with van der Waals surface area (Å²) in [6, 6.07) is 12.0. The van der Waals surface area contributed by atoms with Gasteiger partial charge in [-0.1, -0.05) is 6.07 Å². The largest absolute Gasteiger partial charge is 0.497 e. The van der Waals surface area contributed by atoms with Gasteiger partial charge >= 0.3 is 0 Å². The molecule has 5 heteroatoms. The summed E-state index contributed by atoms with van der Waals surface area (Å²) in [6.07, 6.45) is 0.293. The van der Waals surface area contributed by atoms with Gasteiger partial charge in [0, 0.05) is 17.3 Å². The number of ether oxygens (including phenoxy) is 2. The first-order chi connectivity index (χ1) is 11.4. The summed E-state index contributed by atoms with van der Waals surface area (Å²) in [5, 5.41) is 2.80. The first-order valence-electron chi connectivity index (χ1n) is 7.70. The number of amides is 1. The molecule has 1 aliphatic rings. The third-order valence-electron chi connectivity index (χ3n) is 3.84. The van der Waals surface area contributed by atoms with Gasteiger partial charge in [-0.25, -0.2) is 0 Å². The number of carbonyl (C=O) groups excluding carboxylic acids is 2. The van der Waals surface area contributed by atoms with Crippen LogP contribution in [0, 0.1) is 0 Å². The van der Waals surface area contributed by atoms with Crippen LogP contribution in [0.3, 0.4) is 0 Å². The molecule has 3 rings (SSSR count). The van der Waals surface area contributed by atoms with Gasteiger partial charge in [0.25, 0.3) is 5.91 Å². The Labute approximate surface area is 140 Å². The molecule has 0 bridgehead atoms. The van der Waals surface area contributed by atoms with Crippen LogP contribution in [0.5, 0.6) is 11.5 Å². The number of anilines is 1. The van der Waals surface area contributed by atoms with Crippen LogP contribution in [0.25, 0.3) is 0 Å². The number of Topliss-reactive ketones (excluding diaryl/α,β-unsaturated/α-hetero) is 1. The molecule has 0 atom stereocenters. The van der Waals surface area contributed by atoms with E-state index in [2.05, 4.69) is 5.32 Å². The minimum atomic E-state index is -0.519. The molecular formula is C19H19NO4. The second-order valence-corrected chi connectivity index (χ2v) is 6.36. The van der Waals surface area contributed by atoms with E-state index in [0.29, 0.717) is 34.7 Å². The SMILES string of the molecule is COc1cccc(NC(=O)c2ccc3c(c2)C(=O)CC(C)(C)O3)c1. The first-order valence-corrected chi connectivity index (χ1v) is 7.70. The number of fused-ring (bicyclic) bond motifs is 1. The van der Waals surface area contributed by atoms with Crippen LogP contribution in [-0.2, 0) is 0 Å². The second kappa shape index (κ2) is 6.00. The maximum Gasteiger partial charge on any atom is 0.255 e. The predicted molar refractivity (Wildman–Crippen MR) is 91.0 cm³/mol. The third kappa shape index (κ3) is 3.25. The van der Waals surface area contributed by atoms with Crippen molar-refractivity contribution < 1.29 is 19.1 Å². The molecule has 1 aliphatic heterocycles. The van der Waals surface area contributed by atoms with Gasteiger partial charge in [-0.2, -0.15) is 0 Å². The van der Waals surface area contributed by atoms with Gasteiger partial charge in [0.15, 0.2) is 5.78 Å². The smallest absolute Gasteiger partial charge is 0.255 e. The van der Waals surface area contributed by atoms with Gasteiger partial charge in [-0.15, -0.1) is 0 Å². The molecule has 0 saturated carbocycles. The fourth-order valence-corrected chi connectivity index (χ4v) is 2.70. The van der Waals surface area contributed by atoms with Crippen molar-refractivity contribution in [3.8, 4) is 11.5 Å². The van der Waals surface area contributed by atoms with E-state index in [9.17, 15) is 9.59 Å². The summed E-state index contributed by atoms with van der Waals surface area (Å²) >= 11 is 0. The first kappa shape index (κ1) is 16.1. The molecule has 5 nitrogen and oxygen atoms in total. The minimum Gasteiger partial charge on any atom is -0.497 e. The molecule has 1 amide bonds. The van der Waals surface area contributed by atoms with Crippen molar-refractivity contribution >= 4 is 17.4 Å². The predicted octanol–water partition coefficient (Wildman–Crippen LogP) is 3.69. The summed E-state index contributed by atoms with van der Waals surface area (Å²) in [5.41, 5.74) is 0.968. The van der Waals surface area contributed by atoms with Crippen molar-refractivity contribution in [2.24, 2.45) is 0 Å². The molecule has 0 aromatic heterocycles. The fourth-order valence-electron chi connectivity index (χ4n) is 2.70. The molecule has 2 aromatic rings. The summed E-state index contributed by atoms with van der Waals surface area (Å²) in [6.45, 7) is 3.74. The molecule has 0 saturated heterocycles. The molecule has 0 fully saturated rings. The van der Waals surface area contributed by atoms with Crippen LogP contribution in [0.1, 0.15) is 41.0 Å². The lowest BCUT2D eigenvalue weighted by Gasteiger charge is -2.31. The Morgan fingerprint density at radius 3 is 2.75 bits per heavy atom. The Kier molecular flexibility index (Phi) is 4.01. The molecule has 24 heavy (non-hydrogen) atoms. The van der Waals surface area contributed by atoms with Gasteiger partial charge in [0.1, 0.15) is 17.1 Å². The zero-order chi connectivity index (χ0) is 17.3. The van der Waals surface area contributed by atoms with Crippen LogP contribution >= 0.6 is 0 Å². The second-order valence-electron chi connectivity index (χ2n) is 6.36. The lowest BCUT2D eigenvalue weighted by molar-refractivity contribution is 0.0620. The Balaban J connectivity index is 1.84. The van der Waals surface area contributed by atoms with Gasteiger partial charge < -0.3 is 14.8 Å². The number of hydrogen-bond donors (Lipinski definition) is 1. The average molecular weight is 325 g/mol. The van der Waals surface area contributed by atoms with E-state index in [1.54, 1.807) is 49.6 Å². The standard InChI is InChI=1S/C19H19NO4/c1-19(2)11-16(21)15-9-12(7-8-17(15)24-19)18(22)20-13-5-4-6-14(10-13)23-3/h4-10H,11H2,1-3H3,(H,20,22). The van der Waals surface area contributed by atoms with Gasteiger partial charge in [0.2, 0.25) is 0 Å². The number of benzene rings is 2. The highest BCUT2D eigenvalue weighted by atomic mass is 16.5. The highest BCUT2D eigenvalue weighted by Crippen LogP contribution is 2.33. The van der Waals surface area contributed by atoms with Gasteiger partial charge in [-0.05, 0) is 44.2 Å². The van der Waals surface area contributed by atoms with E-state index >= 15 is 0 Å². The van der Waals surface area contributed by atoms with Crippen LogP contribution in [-0.4, -0.2) is 24.4 Å². The minimum absolute atomic E-state index is 0.0164. The van der Waals surface area contributed by atoms with Crippen LogP contribution in [0.2, 0.25) is 0 Å². The van der Waals surface area contributed by atoms with E-state index in [4.69, 9.17) is 9.47 Å². The third-order valence-corrected chi connectivity index (χ3v) is 3.84. The Morgan fingerprint density at radius 2 is 2.00 bits per heavy atom. The zero-order valence-corrected chi connectivity index (χ0v) is 13.9. The Morgan fingerprint density at radius 1 is 1.21 bits per heavy atom. The lowest BCUT2D eigenvalue weighted by atomic mass is 9.92. The van der Waals surface area contributed by atoms with Gasteiger partial charge in [0.05, 0.1) is 19.1 Å². The number of ketones is 1. The summed E-state index contributed by atoms with van der Waals surface area (Å²) < 4.78 is 10.9. The summed E-state index contributed by atoms with van der Waals surface area (Å²) in [4.78, 5) is 24.7. The molecule has 0 unspecified atom stereocenters. The topological polar surface area (TPSA) is 64.6 Å². The normalized spacial score (nSPS) is 15.2. The van der Waals surface area contributed by atoms with E-state index in [-0.39, 0.29) is 11.7 Å². The molecule has 0 radical (unpaired) electrons. The Hall–Kier alpha value is -2.82. The highest BCUT2D eigenvalue weighted by molar-refractivity contribution is 6.07. The Bertz CT molecular complexity index is 811. The quantitative estimate of drug-likeness (QED) is 0.935. The number of carbonyl (C=O) groups is 2. The summed E-state index contributed by atoms with van der Waals surface area (Å²) in [7, 11) is 1.57. The number of rotatable bonds is 3. The summed E-state index contributed by atoms with van der Waals surface area (Å²) in [5.74, 6) is 0.874. The average Bonchev–Trinajstić information content (AvgIpc) is 2.53. The van der Waals surface area contributed by atoms with Crippen molar-refractivity contribution in [3.05, 3.63) is 53.6 Å². The zero-order valence-electron chi connectivity index (χ0n) is 13.9. The molecule has 1 heterocycles. The monoisotopic (exact) mass is 325 g/mol. The molecule has 124 valence electrons. The molecule has 0 spiro atoms. The van der Waals surface area contributed by atoms with E-state index < -0.39 is 5.60 Å². The van der Waals surface area contributed by atoms with Crippen LogP contribution < -0.4 is 14.8 Å². The number of nitrogens with one attached hydrogen (secondary N) is 1. The maximum atomic E-state index is 12.4. The van der Waals surface area contributed by atoms with Crippen molar-refractivity contribution in [2.45, 2.75) is 25.9 Å². The molecule has 0 aliphatic carbocycles. The molecular weight excluding hydrogens is 306 g/mol. The number of methoxy groups -OCH3 is 1. The van der Waals surface area contributed by atoms with Crippen molar-refractivity contribution in [1.29, 1.82) is 0 Å². The van der Waals surface area contributed by atoms with Crippen LogP contribution in [0.4, 0.5) is 5.69 Å². The lowest BCUT2D eigenvalue weighted by Crippen LogP contribution is -2.36. The molecule has 1 N–H and O–H groups in total. The van der Waals surface area contributed by atoms with Gasteiger partial charge in [-0.3, -0.25) is 9.59 Å². The molecule has 2 aromatic carbocycles. The number of hydrogen-bond acceptors (Lipinski definition) is 4.